The molecule has 2 bridgehead atoms. The third-order valence-corrected chi connectivity index (χ3v) is 12.4. The number of hydrogen-bond donors (Lipinski definition) is 1. The van der Waals surface area contributed by atoms with Crippen LogP contribution < -0.4 is 14.8 Å². The van der Waals surface area contributed by atoms with Gasteiger partial charge < -0.3 is 24.4 Å². The maximum absolute atomic E-state index is 17.0. The summed E-state index contributed by atoms with van der Waals surface area (Å²) in [5.74, 6) is -3.22. The third kappa shape index (κ3) is 9.17. The van der Waals surface area contributed by atoms with E-state index in [4.69, 9.17) is 14.2 Å². The number of piperidine rings is 1. The number of nitrogens with one attached hydrogen (secondary N) is 1. The zero-order valence-electron chi connectivity index (χ0n) is 31.4. The maximum Gasteiger partial charge on any atom is 0.407 e. The highest BCUT2D eigenvalue weighted by molar-refractivity contribution is 7.89. The minimum absolute atomic E-state index is 0.238. The van der Waals surface area contributed by atoms with E-state index in [2.05, 4.69) is 5.32 Å². The molecule has 292 valence electrons. The monoisotopic (exact) mass is 767 g/mol. The molecule has 3 aromatic rings. The highest BCUT2D eigenvalue weighted by Crippen LogP contribution is 2.43. The molecular formula is C41H51F2N3O7S. The van der Waals surface area contributed by atoms with Crippen LogP contribution in [0.1, 0.15) is 84.1 Å². The number of halogens is 2. The predicted molar refractivity (Wildman–Crippen MR) is 200 cm³/mol. The maximum atomic E-state index is 17.0. The van der Waals surface area contributed by atoms with Crippen molar-refractivity contribution >= 4 is 22.0 Å². The third-order valence-electron chi connectivity index (χ3n) is 10.6. The Morgan fingerprint density at radius 3 is 2.00 bits per heavy atom. The molecule has 2 heterocycles. The number of rotatable bonds is 12. The van der Waals surface area contributed by atoms with Crippen LogP contribution in [0, 0.1) is 5.92 Å². The molecule has 2 saturated heterocycles. The van der Waals surface area contributed by atoms with Gasteiger partial charge in [-0.2, -0.15) is 13.1 Å². The highest BCUT2D eigenvalue weighted by Gasteiger charge is 2.56. The van der Waals surface area contributed by atoms with E-state index in [1.807, 2.05) is 6.07 Å². The van der Waals surface area contributed by atoms with Crippen molar-refractivity contribution in [3.63, 3.8) is 0 Å². The van der Waals surface area contributed by atoms with E-state index in [0.717, 1.165) is 44.9 Å². The van der Waals surface area contributed by atoms with Crippen LogP contribution in [-0.2, 0) is 25.5 Å². The van der Waals surface area contributed by atoms with Gasteiger partial charge in [0.25, 0.3) is 5.92 Å². The number of sulfonamides is 1. The lowest BCUT2D eigenvalue weighted by molar-refractivity contribution is -0.155. The van der Waals surface area contributed by atoms with E-state index in [9.17, 15) is 18.0 Å². The molecule has 1 saturated carbocycles. The normalized spacial score (nSPS) is 21.4. The first kappa shape index (κ1) is 39.5. The van der Waals surface area contributed by atoms with Gasteiger partial charge in [0.15, 0.2) is 6.04 Å². The van der Waals surface area contributed by atoms with Crippen LogP contribution in [0.2, 0.25) is 0 Å². The molecule has 10 nitrogen and oxygen atoms in total. The summed E-state index contributed by atoms with van der Waals surface area (Å²) in [6.07, 6.45) is 6.84. The fourth-order valence-electron chi connectivity index (χ4n) is 7.92. The molecule has 1 N–H and O–H groups in total. The van der Waals surface area contributed by atoms with Crippen LogP contribution in [0.3, 0.4) is 0 Å². The molecule has 3 aromatic carbocycles. The topological polar surface area (TPSA) is 114 Å². The molecule has 6 rings (SSSR count). The van der Waals surface area contributed by atoms with Crippen molar-refractivity contribution in [1.82, 2.24) is 14.5 Å². The minimum atomic E-state index is -4.62. The molecule has 54 heavy (non-hydrogen) atoms. The molecule has 2 aliphatic heterocycles. The number of alkyl carbamates (subject to hydrolysis) is 1. The number of amides is 2. The Morgan fingerprint density at radius 2 is 1.41 bits per heavy atom. The molecule has 0 aromatic heterocycles. The molecule has 2 amide bonds. The standard InChI is InChI=1S/C41H51F2N3O7S/c1-40(2,3)53-39(48)44-30-25-31-17-18-32(26-30)46(31)38(47)37(41(42,43)29-15-19-35(20-16-29)52-34-13-9-6-10-14-34)45(4)54(49,50)36-23-21-33(22-24-36)51-27-28-11-7-5-8-12-28/h6,9-10,13-16,19-24,28,30-32,37H,5,7-8,11-12,17-18,25-27H2,1-4H3,(H,44,48). The van der Waals surface area contributed by atoms with Gasteiger partial charge in [0.05, 0.1) is 11.5 Å². The molecule has 1 aliphatic carbocycles. The molecule has 0 spiro atoms. The second-order valence-electron chi connectivity index (χ2n) is 15.7. The summed E-state index contributed by atoms with van der Waals surface area (Å²) < 4.78 is 80.1. The summed E-state index contributed by atoms with van der Waals surface area (Å²) >= 11 is 0. The molecule has 3 fully saturated rings. The lowest BCUT2D eigenvalue weighted by Gasteiger charge is -2.43. The van der Waals surface area contributed by atoms with Crippen LogP contribution in [0.15, 0.2) is 83.8 Å². The predicted octanol–water partition coefficient (Wildman–Crippen LogP) is 8.27. The van der Waals surface area contributed by atoms with Crippen LogP contribution in [0.5, 0.6) is 17.2 Å². The fraction of sp³-hybridized carbons (Fsp3) is 0.512. The van der Waals surface area contributed by atoms with Crippen molar-refractivity contribution in [3.05, 3.63) is 84.4 Å². The van der Waals surface area contributed by atoms with Gasteiger partial charge in [0, 0.05) is 30.7 Å². The lowest BCUT2D eigenvalue weighted by Crippen LogP contribution is -2.61. The smallest absolute Gasteiger partial charge is 0.407 e. The van der Waals surface area contributed by atoms with Gasteiger partial charge >= 0.3 is 6.09 Å². The summed E-state index contributed by atoms with van der Waals surface area (Å²) in [7, 11) is -3.59. The average Bonchev–Trinajstić information content (AvgIpc) is 3.41. The number of benzene rings is 3. The van der Waals surface area contributed by atoms with Gasteiger partial charge in [-0.25, -0.2) is 13.2 Å². The summed E-state index contributed by atoms with van der Waals surface area (Å²) in [6.45, 7) is 5.79. The van der Waals surface area contributed by atoms with Gasteiger partial charge in [-0.3, -0.25) is 4.79 Å². The molecule has 13 heteroatoms. The van der Waals surface area contributed by atoms with Gasteiger partial charge in [0.2, 0.25) is 15.9 Å². The Balaban J connectivity index is 1.26. The van der Waals surface area contributed by atoms with Gasteiger partial charge in [-0.05, 0) is 126 Å². The number of ether oxygens (including phenoxy) is 3. The minimum Gasteiger partial charge on any atom is -0.493 e. The van der Waals surface area contributed by atoms with Gasteiger partial charge in [-0.1, -0.05) is 37.5 Å². The molecular weight excluding hydrogens is 717 g/mol. The van der Waals surface area contributed by atoms with Crippen LogP contribution in [0.25, 0.3) is 0 Å². The number of carbonyl (C=O) groups is 2. The van der Waals surface area contributed by atoms with Crippen molar-refractivity contribution in [2.45, 2.75) is 119 Å². The van der Waals surface area contributed by atoms with Crippen molar-refractivity contribution in [2.75, 3.05) is 13.7 Å². The van der Waals surface area contributed by atoms with E-state index in [0.29, 0.717) is 59.8 Å². The fourth-order valence-corrected chi connectivity index (χ4v) is 9.23. The van der Waals surface area contributed by atoms with E-state index in [1.165, 1.54) is 47.7 Å². The highest BCUT2D eigenvalue weighted by atomic mass is 32.2. The Kier molecular flexibility index (Phi) is 11.9. The Labute approximate surface area is 317 Å². The lowest BCUT2D eigenvalue weighted by atomic mass is 9.90. The van der Waals surface area contributed by atoms with Crippen molar-refractivity contribution in [3.8, 4) is 17.2 Å². The van der Waals surface area contributed by atoms with Crippen molar-refractivity contribution < 1.29 is 41.0 Å². The summed E-state index contributed by atoms with van der Waals surface area (Å²) in [5, 5.41) is 2.87. The summed E-state index contributed by atoms with van der Waals surface area (Å²) in [4.78, 5) is 28.3. The number of alkyl halides is 2. The number of para-hydroxylation sites is 1. The average molecular weight is 768 g/mol. The van der Waals surface area contributed by atoms with Crippen LogP contribution in [0.4, 0.5) is 13.6 Å². The first-order chi connectivity index (χ1) is 25.6. The van der Waals surface area contributed by atoms with E-state index in [-0.39, 0.29) is 10.9 Å². The van der Waals surface area contributed by atoms with Crippen molar-refractivity contribution in [1.29, 1.82) is 0 Å². The second kappa shape index (κ2) is 16.2. The van der Waals surface area contributed by atoms with E-state index < -0.39 is 57.2 Å². The Bertz CT molecular complexity index is 1830. The van der Waals surface area contributed by atoms with E-state index in [1.54, 1.807) is 45.0 Å². The zero-order chi connectivity index (χ0) is 38.7. The van der Waals surface area contributed by atoms with Crippen LogP contribution in [-0.4, -0.2) is 73.0 Å². The summed E-state index contributed by atoms with van der Waals surface area (Å²) in [6, 6.07) is 15.9. The second-order valence-corrected chi connectivity index (χ2v) is 17.7. The van der Waals surface area contributed by atoms with Gasteiger partial charge in [0.1, 0.15) is 22.8 Å². The SMILES string of the molecule is CN(C(C(=O)N1C2CCC1CC(NC(=O)OC(C)(C)C)C2)C(F)(F)c1ccc(Oc2ccccc2)cc1)S(=O)(=O)c1ccc(OCC2CCCCC2)cc1. The number of carbonyl (C=O) groups excluding carboxylic acids is 2. The molecule has 3 unspecified atom stereocenters. The first-order valence-corrected chi connectivity index (χ1v) is 20.3. The zero-order valence-corrected chi connectivity index (χ0v) is 32.2. The Morgan fingerprint density at radius 1 is 0.833 bits per heavy atom. The Hall–Kier alpha value is -4.23. The number of hydrogen-bond acceptors (Lipinski definition) is 7. The summed E-state index contributed by atoms with van der Waals surface area (Å²) in [5.41, 5.74) is -1.24. The van der Waals surface area contributed by atoms with E-state index >= 15 is 8.78 Å². The van der Waals surface area contributed by atoms with Crippen molar-refractivity contribution in [2.24, 2.45) is 5.92 Å². The number of fused-ring (bicyclic) bond motifs is 2. The quantitative estimate of drug-likeness (QED) is 0.197. The molecule has 3 atom stereocenters. The van der Waals surface area contributed by atoms with Gasteiger partial charge in [-0.15, -0.1) is 0 Å². The molecule has 3 aliphatic rings. The van der Waals surface area contributed by atoms with Crippen LogP contribution >= 0.6 is 0 Å². The first-order valence-electron chi connectivity index (χ1n) is 18.9. The largest absolute Gasteiger partial charge is 0.493 e. The molecule has 0 radical (unpaired) electrons. The number of likely N-dealkylation sites (N-methyl/N-ethyl adjacent to an activating group) is 1. The number of nitrogens with zero attached hydrogens (tertiary/aromatic N) is 2.